The SMILES string of the molecule is COc1ccccc1NC(=O)CSc1nnc(Cn2nccc2C)o1. The van der Waals surface area contributed by atoms with E-state index in [0.717, 1.165) is 5.69 Å². The molecule has 0 saturated heterocycles. The van der Waals surface area contributed by atoms with Gasteiger partial charge in [-0.15, -0.1) is 10.2 Å². The van der Waals surface area contributed by atoms with Gasteiger partial charge in [0.2, 0.25) is 11.8 Å². The Labute approximate surface area is 148 Å². The van der Waals surface area contributed by atoms with Gasteiger partial charge in [0.25, 0.3) is 5.22 Å². The van der Waals surface area contributed by atoms with Crippen molar-refractivity contribution in [2.45, 2.75) is 18.7 Å². The number of thioether (sulfide) groups is 1. The largest absolute Gasteiger partial charge is 0.495 e. The molecule has 2 heterocycles. The average molecular weight is 359 g/mol. The summed E-state index contributed by atoms with van der Waals surface area (Å²) in [6, 6.07) is 9.12. The third kappa shape index (κ3) is 4.38. The van der Waals surface area contributed by atoms with Crippen LogP contribution in [-0.2, 0) is 11.3 Å². The molecule has 0 spiro atoms. The van der Waals surface area contributed by atoms with Crippen molar-refractivity contribution < 1.29 is 13.9 Å². The minimum atomic E-state index is -0.183. The number of benzene rings is 1. The average Bonchev–Trinajstić information content (AvgIpc) is 3.23. The molecule has 3 rings (SSSR count). The topological polar surface area (TPSA) is 95.1 Å². The fraction of sp³-hybridized carbons (Fsp3) is 0.250. The minimum Gasteiger partial charge on any atom is -0.495 e. The second-order valence-electron chi connectivity index (χ2n) is 5.13. The van der Waals surface area contributed by atoms with E-state index in [0.29, 0.717) is 29.1 Å². The number of amides is 1. The Bertz CT molecular complexity index is 861. The summed E-state index contributed by atoms with van der Waals surface area (Å²) in [7, 11) is 1.56. The lowest BCUT2D eigenvalue weighted by Crippen LogP contribution is -2.14. The van der Waals surface area contributed by atoms with Gasteiger partial charge in [-0.05, 0) is 25.1 Å². The maximum Gasteiger partial charge on any atom is 0.277 e. The summed E-state index contributed by atoms with van der Waals surface area (Å²) >= 11 is 1.18. The summed E-state index contributed by atoms with van der Waals surface area (Å²) in [5.41, 5.74) is 1.62. The summed E-state index contributed by atoms with van der Waals surface area (Å²) in [5, 5.41) is 15.2. The highest BCUT2D eigenvalue weighted by molar-refractivity contribution is 7.99. The fourth-order valence-electron chi connectivity index (χ4n) is 2.11. The van der Waals surface area contributed by atoms with Crippen molar-refractivity contribution in [3.8, 4) is 5.75 Å². The lowest BCUT2D eigenvalue weighted by Gasteiger charge is -2.08. The molecule has 0 fully saturated rings. The van der Waals surface area contributed by atoms with E-state index in [-0.39, 0.29) is 11.7 Å². The van der Waals surface area contributed by atoms with Crippen LogP contribution in [-0.4, -0.2) is 38.7 Å². The molecule has 3 aromatic rings. The Morgan fingerprint density at radius 2 is 2.16 bits per heavy atom. The molecule has 0 radical (unpaired) electrons. The standard InChI is InChI=1S/C16H17N5O3S/c1-11-7-8-17-21(11)9-15-19-20-16(24-15)25-10-14(22)18-12-5-3-4-6-13(12)23-2/h3-8H,9-10H2,1-2H3,(H,18,22). The monoisotopic (exact) mass is 359 g/mol. The lowest BCUT2D eigenvalue weighted by atomic mass is 10.3. The fourth-order valence-corrected chi connectivity index (χ4v) is 2.69. The molecular formula is C16H17N5O3S. The number of methoxy groups -OCH3 is 1. The maximum atomic E-state index is 12.1. The van der Waals surface area contributed by atoms with Gasteiger partial charge in [-0.3, -0.25) is 9.48 Å². The van der Waals surface area contributed by atoms with Crippen LogP contribution in [0.5, 0.6) is 5.75 Å². The Morgan fingerprint density at radius 3 is 2.92 bits per heavy atom. The second kappa shape index (κ2) is 7.84. The Morgan fingerprint density at radius 1 is 1.32 bits per heavy atom. The lowest BCUT2D eigenvalue weighted by molar-refractivity contribution is -0.113. The van der Waals surface area contributed by atoms with Crippen LogP contribution in [0.15, 0.2) is 46.2 Å². The van der Waals surface area contributed by atoms with Crippen LogP contribution in [0.3, 0.4) is 0 Å². The van der Waals surface area contributed by atoms with Gasteiger partial charge in [-0.2, -0.15) is 5.10 Å². The van der Waals surface area contributed by atoms with Gasteiger partial charge in [0.05, 0.1) is 18.6 Å². The molecule has 1 aromatic carbocycles. The van der Waals surface area contributed by atoms with Gasteiger partial charge in [0, 0.05) is 11.9 Å². The Balaban J connectivity index is 1.53. The van der Waals surface area contributed by atoms with Crippen molar-refractivity contribution in [2.24, 2.45) is 0 Å². The van der Waals surface area contributed by atoms with Crippen LogP contribution in [0.1, 0.15) is 11.6 Å². The molecule has 0 aliphatic rings. The smallest absolute Gasteiger partial charge is 0.277 e. The van der Waals surface area contributed by atoms with E-state index in [1.54, 1.807) is 30.1 Å². The normalized spacial score (nSPS) is 10.6. The van der Waals surface area contributed by atoms with Gasteiger partial charge in [0.15, 0.2) is 0 Å². The maximum absolute atomic E-state index is 12.1. The van der Waals surface area contributed by atoms with Crippen molar-refractivity contribution >= 4 is 23.4 Å². The number of aryl methyl sites for hydroxylation is 1. The summed E-state index contributed by atoms with van der Waals surface area (Å²) in [6.45, 7) is 2.35. The van der Waals surface area contributed by atoms with Gasteiger partial charge >= 0.3 is 0 Å². The number of para-hydroxylation sites is 2. The van der Waals surface area contributed by atoms with E-state index in [9.17, 15) is 4.79 Å². The van der Waals surface area contributed by atoms with Gasteiger partial charge in [-0.25, -0.2) is 0 Å². The predicted octanol–water partition coefficient (Wildman–Crippen LogP) is 2.36. The number of nitrogens with zero attached hydrogens (tertiary/aromatic N) is 4. The highest BCUT2D eigenvalue weighted by Gasteiger charge is 2.12. The first kappa shape index (κ1) is 17.0. The molecule has 0 atom stereocenters. The first-order valence-electron chi connectivity index (χ1n) is 7.52. The van der Waals surface area contributed by atoms with E-state index in [4.69, 9.17) is 9.15 Å². The number of hydrogen-bond acceptors (Lipinski definition) is 7. The van der Waals surface area contributed by atoms with E-state index in [1.807, 2.05) is 25.1 Å². The molecule has 0 unspecified atom stereocenters. The number of ether oxygens (including phenoxy) is 1. The molecule has 2 aromatic heterocycles. The number of aromatic nitrogens is 4. The van der Waals surface area contributed by atoms with Crippen LogP contribution < -0.4 is 10.1 Å². The quantitative estimate of drug-likeness (QED) is 0.647. The summed E-state index contributed by atoms with van der Waals surface area (Å²) in [4.78, 5) is 12.1. The van der Waals surface area contributed by atoms with E-state index >= 15 is 0 Å². The summed E-state index contributed by atoms with van der Waals surface area (Å²) < 4.78 is 12.5. The van der Waals surface area contributed by atoms with Crippen molar-refractivity contribution in [2.75, 3.05) is 18.2 Å². The van der Waals surface area contributed by atoms with E-state index < -0.39 is 0 Å². The van der Waals surface area contributed by atoms with Crippen molar-refractivity contribution in [1.29, 1.82) is 0 Å². The van der Waals surface area contributed by atoms with Crippen molar-refractivity contribution in [3.05, 3.63) is 48.1 Å². The molecule has 0 aliphatic carbocycles. The minimum absolute atomic E-state index is 0.153. The first-order valence-corrected chi connectivity index (χ1v) is 8.50. The molecule has 130 valence electrons. The number of hydrogen-bond donors (Lipinski definition) is 1. The Hall–Kier alpha value is -2.81. The highest BCUT2D eigenvalue weighted by Crippen LogP contribution is 2.24. The number of anilines is 1. The second-order valence-corrected chi connectivity index (χ2v) is 6.06. The third-order valence-electron chi connectivity index (χ3n) is 3.37. The number of nitrogens with one attached hydrogen (secondary N) is 1. The summed E-state index contributed by atoms with van der Waals surface area (Å²) in [6.07, 6.45) is 1.71. The van der Waals surface area contributed by atoms with Crippen LogP contribution >= 0.6 is 11.8 Å². The van der Waals surface area contributed by atoms with E-state index in [1.165, 1.54) is 11.8 Å². The number of carbonyl (C=O) groups excluding carboxylic acids is 1. The van der Waals surface area contributed by atoms with Gasteiger partial charge in [0.1, 0.15) is 12.3 Å². The van der Waals surface area contributed by atoms with E-state index in [2.05, 4.69) is 20.6 Å². The molecule has 1 N–H and O–H groups in total. The van der Waals surface area contributed by atoms with Gasteiger partial charge in [-0.1, -0.05) is 23.9 Å². The van der Waals surface area contributed by atoms with Crippen LogP contribution in [0.4, 0.5) is 5.69 Å². The molecule has 9 heteroatoms. The Kier molecular flexibility index (Phi) is 5.34. The van der Waals surface area contributed by atoms with Crippen LogP contribution in [0.2, 0.25) is 0 Å². The highest BCUT2D eigenvalue weighted by atomic mass is 32.2. The summed E-state index contributed by atoms with van der Waals surface area (Å²) in [5.74, 6) is 1.02. The molecule has 0 saturated carbocycles. The zero-order chi connectivity index (χ0) is 17.6. The van der Waals surface area contributed by atoms with Crippen LogP contribution in [0.25, 0.3) is 0 Å². The number of rotatable bonds is 7. The molecule has 0 bridgehead atoms. The zero-order valence-electron chi connectivity index (χ0n) is 13.8. The molecule has 25 heavy (non-hydrogen) atoms. The third-order valence-corrected chi connectivity index (χ3v) is 4.19. The van der Waals surface area contributed by atoms with Crippen molar-refractivity contribution in [1.82, 2.24) is 20.0 Å². The molecule has 8 nitrogen and oxygen atoms in total. The number of carbonyl (C=O) groups is 1. The van der Waals surface area contributed by atoms with Crippen molar-refractivity contribution in [3.63, 3.8) is 0 Å². The van der Waals surface area contributed by atoms with Gasteiger partial charge < -0.3 is 14.5 Å². The molecular weight excluding hydrogens is 342 g/mol. The predicted molar refractivity (Wildman–Crippen MR) is 92.7 cm³/mol. The first-order chi connectivity index (χ1) is 12.2. The zero-order valence-corrected chi connectivity index (χ0v) is 14.6. The molecule has 1 amide bonds. The molecule has 0 aliphatic heterocycles. The van der Waals surface area contributed by atoms with Crippen LogP contribution in [0, 0.1) is 6.92 Å².